The molecule has 14 heteroatoms. The Balaban J connectivity index is 0.000000164. The molecule has 0 aliphatic carbocycles. The number of fused-ring (bicyclic) bond motifs is 4. The molecule has 0 bridgehead atoms. The lowest BCUT2D eigenvalue weighted by atomic mass is 10.0. The van der Waals surface area contributed by atoms with Crippen LogP contribution in [0.25, 0.3) is 20.4 Å². The number of aromatic nitrogens is 2. The van der Waals surface area contributed by atoms with Crippen LogP contribution in [0.4, 0.5) is 11.4 Å². The summed E-state index contributed by atoms with van der Waals surface area (Å²) in [5, 5.41) is 6.30. The zero-order valence-electron chi connectivity index (χ0n) is 30.0. The number of rotatable bonds is 7. The van der Waals surface area contributed by atoms with Crippen LogP contribution in [0.2, 0.25) is 0 Å². The molecule has 2 aromatic carbocycles. The highest BCUT2D eigenvalue weighted by Gasteiger charge is 2.29. The molecule has 8 rings (SSSR count). The predicted octanol–water partition coefficient (Wildman–Crippen LogP) is 6.53. The molecule has 2 aliphatic heterocycles. The number of anilines is 2. The van der Waals surface area contributed by atoms with Gasteiger partial charge in [0.1, 0.15) is 37.2 Å². The fourth-order valence-electron chi connectivity index (χ4n) is 6.70. The summed E-state index contributed by atoms with van der Waals surface area (Å²) in [5.74, 6) is 2.09. The average Bonchev–Trinajstić information content (AvgIpc) is 3.77. The number of ether oxygens (including phenoxy) is 3. The number of nitrogens with one attached hydrogen (secondary N) is 3. The Bertz CT molecular complexity index is 2370. The topological polar surface area (TPSA) is 138 Å². The first-order valence-corrected chi connectivity index (χ1v) is 18.8. The van der Waals surface area contributed by atoms with Crippen LogP contribution >= 0.6 is 22.7 Å². The highest BCUT2D eigenvalue weighted by Crippen LogP contribution is 2.42. The van der Waals surface area contributed by atoms with E-state index in [0.29, 0.717) is 39.6 Å². The molecule has 53 heavy (non-hydrogen) atoms. The maximum atomic E-state index is 13.2. The summed E-state index contributed by atoms with van der Waals surface area (Å²) < 4.78 is 18.3. The molecule has 0 saturated heterocycles. The molecule has 3 N–H and O–H groups in total. The largest absolute Gasteiger partial charge is 0.495 e. The van der Waals surface area contributed by atoms with Gasteiger partial charge in [0.2, 0.25) is 0 Å². The Morgan fingerprint density at radius 2 is 1.34 bits per heavy atom. The molecule has 6 heterocycles. The molecule has 0 radical (unpaired) electrons. The molecule has 0 unspecified atom stereocenters. The number of thiophene rings is 2. The molecule has 12 nitrogen and oxygen atoms in total. The zero-order chi connectivity index (χ0) is 37.2. The minimum absolute atomic E-state index is 0.0717. The zero-order valence-corrected chi connectivity index (χ0v) is 31.7. The minimum Gasteiger partial charge on any atom is -0.495 e. The third-order valence-electron chi connectivity index (χ3n) is 9.14. The van der Waals surface area contributed by atoms with E-state index in [-0.39, 0.29) is 29.3 Å². The number of pyridine rings is 2. The van der Waals surface area contributed by atoms with Gasteiger partial charge in [0.15, 0.2) is 5.43 Å². The molecule has 2 aliphatic rings. The number of carbonyl (C=O) groups is 2. The summed E-state index contributed by atoms with van der Waals surface area (Å²) in [5.41, 5.74) is 4.94. The molecular weight excluding hydrogens is 713 g/mol. The van der Waals surface area contributed by atoms with Gasteiger partial charge in [-0.1, -0.05) is 36.4 Å². The van der Waals surface area contributed by atoms with Crippen LogP contribution in [0.3, 0.4) is 0 Å². The van der Waals surface area contributed by atoms with E-state index < -0.39 is 0 Å². The van der Waals surface area contributed by atoms with Gasteiger partial charge in [-0.15, -0.1) is 22.7 Å². The van der Waals surface area contributed by atoms with Crippen molar-refractivity contribution in [2.24, 2.45) is 0 Å². The van der Waals surface area contributed by atoms with Crippen molar-refractivity contribution in [1.82, 2.24) is 20.6 Å². The van der Waals surface area contributed by atoms with Gasteiger partial charge in [-0.05, 0) is 18.2 Å². The van der Waals surface area contributed by atoms with Gasteiger partial charge in [-0.25, -0.2) is 0 Å². The highest BCUT2D eigenvalue weighted by atomic mass is 32.1. The molecule has 6 aromatic rings. The number of para-hydroxylation sites is 2. The first-order valence-electron chi connectivity index (χ1n) is 17.2. The number of nitrogens with zero attached hydrogens (tertiary/aromatic N) is 3. The van der Waals surface area contributed by atoms with E-state index in [9.17, 15) is 14.4 Å². The maximum Gasteiger partial charge on any atom is 0.264 e. The second-order valence-corrected chi connectivity index (χ2v) is 15.0. The van der Waals surface area contributed by atoms with Crippen LogP contribution in [-0.2, 0) is 0 Å². The molecule has 0 saturated carbocycles. The van der Waals surface area contributed by atoms with E-state index in [1.54, 1.807) is 19.5 Å². The van der Waals surface area contributed by atoms with Crippen LogP contribution in [0, 0.1) is 0 Å². The van der Waals surface area contributed by atoms with Crippen molar-refractivity contribution in [2.45, 2.75) is 24.9 Å². The monoisotopic (exact) mass is 752 g/mol. The number of hydrogen-bond donors (Lipinski definition) is 3. The van der Waals surface area contributed by atoms with Crippen molar-refractivity contribution in [1.29, 1.82) is 0 Å². The number of amides is 2. The van der Waals surface area contributed by atoms with Crippen molar-refractivity contribution in [3.63, 3.8) is 0 Å². The lowest BCUT2D eigenvalue weighted by Crippen LogP contribution is -2.32. The Labute approximate surface area is 314 Å². The van der Waals surface area contributed by atoms with Crippen LogP contribution in [0.5, 0.6) is 17.2 Å². The number of carbonyl (C=O) groups excluding carboxylic acids is 2. The van der Waals surface area contributed by atoms with Gasteiger partial charge in [-0.2, -0.15) is 0 Å². The Hall–Kier alpha value is -5.60. The standard InChI is InChI=1S/C20H21N3O3S.C19H19N3O3S/c1-23(2)17-16-18(15(25-3)8-10-21-16)27-19(17)20(24)22-13-9-11-26-14-7-5-4-6-12(13)14;1-22(2)16-15-17(13(23)7-9-20-15)26-18(16)19(24)21-12-8-10-25-14-6-4-3-5-11(12)14/h4-8,10,13H,9,11H2,1-3H3,(H,22,24);3-7,9,12H,8,10H2,1-2H3,(H,20,23)(H,21,24)/t13-;12-/m00/s1. The average molecular weight is 753 g/mol. The second-order valence-electron chi connectivity index (χ2n) is 13.0. The van der Waals surface area contributed by atoms with Crippen LogP contribution in [0.15, 0.2) is 77.9 Å². The Kier molecular flexibility index (Phi) is 10.2. The predicted molar refractivity (Wildman–Crippen MR) is 211 cm³/mol. The number of aromatic amines is 1. The van der Waals surface area contributed by atoms with Crippen molar-refractivity contribution in [2.75, 3.05) is 58.3 Å². The van der Waals surface area contributed by atoms with Gasteiger partial charge in [-0.3, -0.25) is 19.4 Å². The minimum atomic E-state index is -0.176. The maximum absolute atomic E-state index is 13.2. The Morgan fingerprint density at radius 3 is 1.91 bits per heavy atom. The number of benzene rings is 2. The van der Waals surface area contributed by atoms with E-state index in [1.165, 1.54) is 28.7 Å². The van der Waals surface area contributed by atoms with Crippen molar-refractivity contribution < 1.29 is 23.8 Å². The van der Waals surface area contributed by atoms with Crippen molar-refractivity contribution in [3.8, 4) is 17.2 Å². The van der Waals surface area contributed by atoms with Gasteiger partial charge >= 0.3 is 0 Å². The fourth-order valence-corrected chi connectivity index (χ4v) is 9.10. The summed E-state index contributed by atoms with van der Waals surface area (Å²) in [7, 11) is 9.20. The molecule has 0 fully saturated rings. The van der Waals surface area contributed by atoms with Gasteiger partial charge in [0.05, 0.1) is 54.0 Å². The van der Waals surface area contributed by atoms with E-state index in [4.69, 9.17) is 14.2 Å². The first kappa shape index (κ1) is 35.8. The van der Waals surface area contributed by atoms with E-state index in [2.05, 4.69) is 20.6 Å². The summed E-state index contributed by atoms with van der Waals surface area (Å²) in [4.78, 5) is 50.9. The van der Waals surface area contributed by atoms with E-state index >= 15 is 0 Å². The number of methoxy groups -OCH3 is 1. The number of hydrogen-bond acceptors (Lipinski definition) is 11. The quantitative estimate of drug-likeness (QED) is 0.166. The summed E-state index contributed by atoms with van der Waals surface area (Å²) >= 11 is 2.64. The molecular formula is C39H40N6O6S2. The number of H-pyrrole nitrogens is 1. The van der Waals surface area contributed by atoms with Crippen LogP contribution < -0.4 is 40.1 Å². The summed E-state index contributed by atoms with van der Waals surface area (Å²) in [6, 6.07) is 18.7. The third-order valence-corrected chi connectivity index (χ3v) is 11.5. The fraction of sp³-hybridized carbons (Fsp3) is 0.282. The normalized spacial score (nSPS) is 15.9. The van der Waals surface area contributed by atoms with E-state index in [0.717, 1.165) is 56.4 Å². The molecule has 2 amide bonds. The first-order chi connectivity index (χ1) is 25.7. The lowest BCUT2D eigenvalue weighted by molar-refractivity contribution is 0.0920. The lowest BCUT2D eigenvalue weighted by Gasteiger charge is -2.26. The Morgan fingerprint density at radius 1 is 0.792 bits per heavy atom. The molecule has 4 aromatic heterocycles. The van der Waals surface area contributed by atoms with Crippen molar-refractivity contribution in [3.05, 3.63) is 104 Å². The van der Waals surface area contributed by atoms with E-state index in [1.807, 2.05) is 92.6 Å². The van der Waals surface area contributed by atoms with Gasteiger partial charge in [0, 0.05) is 70.6 Å². The SMILES string of the molecule is CN(C)c1c(C(=O)N[C@H]2CCOc3ccccc32)sc2c(=O)cc[nH]c12.COc1ccnc2c(N(C)C)c(C(=O)N[C@H]3CCOc4ccccc43)sc12. The van der Waals surface area contributed by atoms with Crippen LogP contribution in [0.1, 0.15) is 55.4 Å². The highest BCUT2D eigenvalue weighted by molar-refractivity contribution is 7.22. The smallest absolute Gasteiger partial charge is 0.264 e. The summed E-state index contributed by atoms with van der Waals surface area (Å²) in [6.07, 6.45) is 4.77. The molecule has 2 atom stereocenters. The van der Waals surface area contributed by atoms with Crippen LogP contribution in [-0.4, -0.2) is 70.3 Å². The molecule has 0 spiro atoms. The van der Waals surface area contributed by atoms with Gasteiger partial charge in [0.25, 0.3) is 11.8 Å². The second kappa shape index (κ2) is 15.2. The van der Waals surface area contributed by atoms with Gasteiger partial charge < -0.3 is 39.6 Å². The van der Waals surface area contributed by atoms with Crippen molar-refractivity contribution >= 4 is 66.3 Å². The third kappa shape index (κ3) is 6.99. The molecule has 274 valence electrons. The summed E-state index contributed by atoms with van der Waals surface area (Å²) in [6.45, 7) is 1.15.